The monoisotopic (exact) mass is 465 g/mol. The minimum atomic E-state index is -0.240. The molecule has 1 heterocycles. The van der Waals surface area contributed by atoms with Crippen LogP contribution < -0.4 is 14.2 Å². The molecule has 1 amide bonds. The Bertz CT molecular complexity index is 1110. The molecule has 0 saturated carbocycles. The number of fused-ring (bicyclic) bond motifs is 1. The molecule has 0 unspecified atom stereocenters. The smallest absolute Gasteiger partial charge is 0.254 e. The maximum absolute atomic E-state index is 13.4. The van der Waals surface area contributed by atoms with E-state index in [-0.39, 0.29) is 18.1 Å². The number of amides is 1. The summed E-state index contributed by atoms with van der Waals surface area (Å²) in [6.45, 7) is 4.93. The van der Waals surface area contributed by atoms with E-state index in [0.717, 1.165) is 29.2 Å². The molecule has 33 heavy (non-hydrogen) atoms. The van der Waals surface area contributed by atoms with Gasteiger partial charge in [0.25, 0.3) is 5.91 Å². The Morgan fingerprint density at radius 2 is 1.76 bits per heavy atom. The van der Waals surface area contributed by atoms with Crippen molar-refractivity contribution in [1.29, 1.82) is 0 Å². The third kappa shape index (κ3) is 5.42. The average Bonchev–Trinajstić information content (AvgIpc) is 2.81. The van der Waals surface area contributed by atoms with Crippen molar-refractivity contribution in [3.8, 4) is 17.2 Å². The van der Waals surface area contributed by atoms with Crippen molar-refractivity contribution < 1.29 is 19.0 Å². The van der Waals surface area contributed by atoms with E-state index in [0.29, 0.717) is 23.7 Å². The molecule has 1 aliphatic heterocycles. The molecule has 0 spiro atoms. The van der Waals surface area contributed by atoms with Crippen LogP contribution in [0.4, 0.5) is 0 Å². The van der Waals surface area contributed by atoms with Crippen LogP contribution in [0.3, 0.4) is 0 Å². The summed E-state index contributed by atoms with van der Waals surface area (Å²) in [4.78, 5) is 15.3. The molecule has 4 rings (SSSR count). The predicted octanol–water partition coefficient (Wildman–Crippen LogP) is 5.95. The quantitative estimate of drug-likeness (QED) is 0.432. The number of hydrogen-bond acceptors (Lipinski definition) is 4. The summed E-state index contributed by atoms with van der Waals surface area (Å²) in [5.74, 6) is 2.26. The van der Waals surface area contributed by atoms with E-state index in [1.807, 2.05) is 55.1 Å². The Balaban J connectivity index is 1.63. The highest BCUT2D eigenvalue weighted by Crippen LogP contribution is 2.34. The summed E-state index contributed by atoms with van der Waals surface area (Å²) >= 11 is 6.15. The third-order valence-corrected chi connectivity index (χ3v) is 5.88. The van der Waals surface area contributed by atoms with Gasteiger partial charge in [0.1, 0.15) is 23.9 Å². The standard InChI is InChI=1S/C27H28ClNO4/c1-18(2)33-24-11-12-25-19(16-24)13-14-29(27(30)20-5-4-6-21(28)15-20)26(25)17-32-23-9-7-22(31-3)8-10-23/h4-12,15-16,18,26H,13-14,17H2,1-3H3/t26-/m1/s1. The summed E-state index contributed by atoms with van der Waals surface area (Å²) in [6.07, 6.45) is 0.845. The van der Waals surface area contributed by atoms with E-state index in [1.165, 1.54) is 5.56 Å². The van der Waals surface area contributed by atoms with E-state index in [2.05, 4.69) is 6.07 Å². The maximum Gasteiger partial charge on any atom is 0.254 e. The number of methoxy groups -OCH3 is 1. The zero-order chi connectivity index (χ0) is 23.4. The van der Waals surface area contributed by atoms with E-state index in [9.17, 15) is 4.79 Å². The molecule has 172 valence electrons. The highest BCUT2D eigenvalue weighted by atomic mass is 35.5. The van der Waals surface area contributed by atoms with E-state index in [4.69, 9.17) is 25.8 Å². The molecule has 0 saturated heterocycles. The predicted molar refractivity (Wildman–Crippen MR) is 130 cm³/mol. The van der Waals surface area contributed by atoms with Gasteiger partial charge in [0.05, 0.1) is 19.3 Å². The molecule has 0 aromatic heterocycles. The Labute approximate surface area is 199 Å². The van der Waals surface area contributed by atoms with Crippen LogP contribution in [0.5, 0.6) is 17.2 Å². The molecule has 3 aromatic rings. The largest absolute Gasteiger partial charge is 0.497 e. The number of carbonyl (C=O) groups excluding carboxylic acids is 1. The number of ether oxygens (including phenoxy) is 3. The minimum absolute atomic E-state index is 0.0611. The van der Waals surface area contributed by atoms with Crippen LogP contribution in [0.2, 0.25) is 5.02 Å². The number of nitrogens with zero attached hydrogens (tertiary/aromatic N) is 1. The van der Waals surface area contributed by atoms with Crippen molar-refractivity contribution in [2.24, 2.45) is 0 Å². The number of halogens is 1. The Morgan fingerprint density at radius 1 is 1.03 bits per heavy atom. The summed E-state index contributed by atoms with van der Waals surface area (Å²) in [5, 5.41) is 0.541. The van der Waals surface area contributed by atoms with Crippen LogP contribution in [0.1, 0.15) is 41.4 Å². The average molecular weight is 466 g/mol. The maximum atomic E-state index is 13.4. The van der Waals surface area contributed by atoms with Gasteiger partial charge in [0.15, 0.2) is 0 Å². The molecule has 0 aliphatic carbocycles. The van der Waals surface area contributed by atoms with Crippen molar-refractivity contribution >= 4 is 17.5 Å². The van der Waals surface area contributed by atoms with Gasteiger partial charge in [0, 0.05) is 17.1 Å². The van der Waals surface area contributed by atoms with E-state index >= 15 is 0 Å². The normalized spacial score (nSPS) is 15.2. The Morgan fingerprint density at radius 3 is 2.45 bits per heavy atom. The van der Waals surface area contributed by atoms with Crippen LogP contribution in [0.25, 0.3) is 0 Å². The van der Waals surface area contributed by atoms with Gasteiger partial charge in [-0.1, -0.05) is 23.7 Å². The summed E-state index contributed by atoms with van der Waals surface area (Å²) < 4.78 is 17.2. The molecule has 0 radical (unpaired) electrons. The van der Waals surface area contributed by atoms with Crippen LogP contribution in [0, 0.1) is 0 Å². The Kier molecular flexibility index (Phi) is 7.09. The van der Waals surface area contributed by atoms with Gasteiger partial charge in [-0.15, -0.1) is 0 Å². The van der Waals surface area contributed by atoms with Crippen molar-refractivity contribution in [3.63, 3.8) is 0 Å². The second-order valence-corrected chi connectivity index (χ2v) is 8.72. The second-order valence-electron chi connectivity index (χ2n) is 8.29. The third-order valence-electron chi connectivity index (χ3n) is 5.64. The van der Waals surface area contributed by atoms with Crippen LogP contribution in [0.15, 0.2) is 66.7 Å². The van der Waals surface area contributed by atoms with Gasteiger partial charge in [-0.2, -0.15) is 0 Å². The zero-order valence-corrected chi connectivity index (χ0v) is 19.8. The topological polar surface area (TPSA) is 48.0 Å². The number of hydrogen-bond donors (Lipinski definition) is 0. The molecule has 1 atom stereocenters. The molecule has 0 fully saturated rings. The fraction of sp³-hybridized carbons (Fsp3) is 0.296. The lowest BCUT2D eigenvalue weighted by atomic mass is 9.92. The summed E-state index contributed by atoms with van der Waals surface area (Å²) in [6, 6.07) is 20.4. The van der Waals surface area contributed by atoms with E-state index < -0.39 is 0 Å². The first-order chi connectivity index (χ1) is 15.9. The van der Waals surface area contributed by atoms with Crippen LogP contribution in [-0.2, 0) is 6.42 Å². The van der Waals surface area contributed by atoms with Crippen molar-refractivity contribution in [2.75, 3.05) is 20.3 Å². The molecule has 3 aromatic carbocycles. The molecule has 0 N–H and O–H groups in total. The molecular formula is C27H28ClNO4. The van der Waals surface area contributed by atoms with Crippen molar-refractivity contribution in [3.05, 3.63) is 88.4 Å². The first-order valence-electron chi connectivity index (χ1n) is 11.1. The van der Waals surface area contributed by atoms with E-state index in [1.54, 1.807) is 31.4 Å². The summed E-state index contributed by atoms with van der Waals surface area (Å²) in [5.41, 5.74) is 2.81. The van der Waals surface area contributed by atoms with Gasteiger partial charge < -0.3 is 19.1 Å². The van der Waals surface area contributed by atoms with Crippen molar-refractivity contribution in [1.82, 2.24) is 4.90 Å². The van der Waals surface area contributed by atoms with Gasteiger partial charge >= 0.3 is 0 Å². The number of rotatable bonds is 7. The first kappa shape index (κ1) is 23.0. The van der Waals surface area contributed by atoms with Gasteiger partial charge in [-0.05, 0) is 86.0 Å². The highest BCUT2D eigenvalue weighted by molar-refractivity contribution is 6.30. The Hall–Kier alpha value is -3.18. The fourth-order valence-electron chi connectivity index (χ4n) is 4.09. The first-order valence-corrected chi connectivity index (χ1v) is 11.5. The fourth-order valence-corrected chi connectivity index (χ4v) is 4.28. The molecule has 6 heteroatoms. The SMILES string of the molecule is COc1ccc(OC[C@@H]2c3ccc(OC(C)C)cc3CCN2C(=O)c2cccc(Cl)c2)cc1. The molecule has 0 bridgehead atoms. The second kappa shape index (κ2) is 10.2. The molecule has 1 aliphatic rings. The highest BCUT2D eigenvalue weighted by Gasteiger charge is 2.32. The van der Waals surface area contributed by atoms with Gasteiger partial charge in [0.2, 0.25) is 0 Å². The number of benzene rings is 3. The van der Waals surface area contributed by atoms with Crippen molar-refractivity contribution in [2.45, 2.75) is 32.4 Å². The zero-order valence-electron chi connectivity index (χ0n) is 19.1. The van der Waals surface area contributed by atoms with Gasteiger partial charge in [-0.25, -0.2) is 0 Å². The molecule has 5 nitrogen and oxygen atoms in total. The lowest BCUT2D eigenvalue weighted by Gasteiger charge is -2.37. The molecular weight excluding hydrogens is 438 g/mol. The van der Waals surface area contributed by atoms with Gasteiger partial charge in [-0.3, -0.25) is 4.79 Å². The summed E-state index contributed by atoms with van der Waals surface area (Å²) in [7, 11) is 1.63. The minimum Gasteiger partial charge on any atom is -0.497 e. The lowest BCUT2D eigenvalue weighted by molar-refractivity contribution is 0.0589. The van der Waals surface area contributed by atoms with Crippen LogP contribution in [-0.4, -0.2) is 37.2 Å². The number of carbonyl (C=O) groups is 1. The van der Waals surface area contributed by atoms with Crippen LogP contribution >= 0.6 is 11.6 Å². The lowest BCUT2D eigenvalue weighted by Crippen LogP contribution is -2.42.